The molecule has 20 heavy (non-hydrogen) atoms. The van der Waals surface area contributed by atoms with E-state index in [1.165, 1.54) is 12.8 Å². The molecule has 1 aromatic rings. The highest BCUT2D eigenvalue weighted by Crippen LogP contribution is 2.26. The molecule has 2 N–H and O–H groups in total. The van der Waals surface area contributed by atoms with Gasteiger partial charge in [-0.15, -0.1) is 0 Å². The highest BCUT2D eigenvalue weighted by molar-refractivity contribution is 5.92. The number of aromatic nitrogens is 1. The average Bonchev–Trinajstić information content (AvgIpc) is 2.80. The molecule has 1 amide bonds. The van der Waals surface area contributed by atoms with Crippen molar-refractivity contribution in [2.24, 2.45) is 0 Å². The molecule has 1 aromatic heterocycles. The van der Waals surface area contributed by atoms with E-state index >= 15 is 0 Å². The standard InChI is InChI=1S/C16H26N2O2/c1-13(2)18-11-7-8-14(18)15(19)17-12-16(20)9-5-3-4-6-10-16/h7-8,11,13,20H,3-6,9-10,12H2,1-2H3,(H,17,19). The summed E-state index contributed by atoms with van der Waals surface area (Å²) >= 11 is 0. The number of hydrogen-bond acceptors (Lipinski definition) is 2. The van der Waals surface area contributed by atoms with Gasteiger partial charge in [0.05, 0.1) is 5.60 Å². The van der Waals surface area contributed by atoms with E-state index in [-0.39, 0.29) is 11.9 Å². The van der Waals surface area contributed by atoms with E-state index < -0.39 is 5.60 Å². The second-order valence-electron chi connectivity index (χ2n) is 6.22. The van der Waals surface area contributed by atoms with E-state index in [1.807, 2.05) is 22.9 Å². The van der Waals surface area contributed by atoms with Crippen LogP contribution in [0.3, 0.4) is 0 Å². The molecule has 2 rings (SSSR count). The molecular weight excluding hydrogens is 252 g/mol. The van der Waals surface area contributed by atoms with Crippen molar-refractivity contribution in [1.29, 1.82) is 0 Å². The van der Waals surface area contributed by atoms with Crippen molar-refractivity contribution in [3.8, 4) is 0 Å². The Labute approximate surface area is 121 Å². The summed E-state index contributed by atoms with van der Waals surface area (Å²) in [6.07, 6.45) is 7.97. The Balaban J connectivity index is 1.96. The second kappa shape index (κ2) is 6.44. The number of carbonyl (C=O) groups excluding carboxylic acids is 1. The number of amides is 1. The third-order valence-electron chi connectivity index (χ3n) is 4.18. The Morgan fingerprint density at radius 2 is 2.00 bits per heavy atom. The zero-order chi connectivity index (χ0) is 14.6. The van der Waals surface area contributed by atoms with Crippen molar-refractivity contribution >= 4 is 5.91 Å². The maximum atomic E-state index is 12.3. The summed E-state index contributed by atoms with van der Waals surface area (Å²) in [6.45, 7) is 4.46. The van der Waals surface area contributed by atoms with Crippen molar-refractivity contribution < 1.29 is 9.90 Å². The molecule has 0 unspecified atom stereocenters. The largest absolute Gasteiger partial charge is 0.388 e. The highest BCUT2D eigenvalue weighted by Gasteiger charge is 2.28. The average molecular weight is 278 g/mol. The van der Waals surface area contributed by atoms with E-state index in [4.69, 9.17) is 0 Å². The molecule has 0 aliphatic heterocycles. The fraction of sp³-hybridized carbons (Fsp3) is 0.688. The summed E-state index contributed by atoms with van der Waals surface area (Å²) in [5.74, 6) is -0.0960. The van der Waals surface area contributed by atoms with Gasteiger partial charge in [-0.05, 0) is 38.8 Å². The number of nitrogens with zero attached hydrogens (tertiary/aromatic N) is 1. The molecule has 0 radical (unpaired) electrons. The van der Waals surface area contributed by atoms with Crippen molar-refractivity contribution in [2.45, 2.75) is 64.0 Å². The predicted octanol–water partition coefficient (Wildman–Crippen LogP) is 2.88. The van der Waals surface area contributed by atoms with Gasteiger partial charge in [-0.3, -0.25) is 4.79 Å². The Bertz CT molecular complexity index is 443. The maximum Gasteiger partial charge on any atom is 0.268 e. The first-order valence-corrected chi connectivity index (χ1v) is 7.69. The quantitative estimate of drug-likeness (QED) is 0.832. The van der Waals surface area contributed by atoms with Crippen LogP contribution in [0, 0.1) is 0 Å². The third-order valence-corrected chi connectivity index (χ3v) is 4.18. The van der Waals surface area contributed by atoms with Crippen molar-refractivity contribution in [1.82, 2.24) is 9.88 Å². The number of hydrogen-bond donors (Lipinski definition) is 2. The van der Waals surface area contributed by atoms with Crippen LogP contribution in [0.15, 0.2) is 18.3 Å². The topological polar surface area (TPSA) is 54.3 Å². The van der Waals surface area contributed by atoms with Crippen LogP contribution in [0.2, 0.25) is 0 Å². The number of nitrogens with one attached hydrogen (secondary N) is 1. The fourth-order valence-electron chi connectivity index (χ4n) is 2.94. The van der Waals surface area contributed by atoms with E-state index in [9.17, 15) is 9.90 Å². The van der Waals surface area contributed by atoms with Crippen LogP contribution in [0.1, 0.15) is 68.9 Å². The zero-order valence-corrected chi connectivity index (χ0v) is 12.6. The SMILES string of the molecule is CC(C)n1cccc1C(=O)NCC1(O)CCCCCC1. The summed E-state index contributed by atoms with van der Waals surface area (Å²) in [7, 11) is 0. The van der Waals surface area contributed by atoms with Crippen molar-refractivity contribution in [2.75, 3.05) is 6.54 Å². The summed E-state index contributed by atoms with van der Waals surface area (Å²) in [4.78, 5) is 12.3. The first-order chi connectivity index (χ1) is 9.52. The van der Waals surface area contributed by atoms with Crippen molar-refractivity contribution in [3.63, 3.8) is 0 Å². The molecule has 0 bridgehead atoms. The van der Waals surface area contributed by atoms with Gasteiger partial charge < -0.3 is 15.0 Å². The number of rotatable bonds is 4. The van der Waals surface area contributed by atoms with Gasteiger partial charge in [0.2, 0.25) is 0 Å². The lowest BCUT2D eigenvalue weighted by atomic mass is 9.94. The highest BCUT2D eigenvalue weighted by atomic mass is 16.3. The van der Waals surface area contributed by atoms with Gasteiger partial charge in [-0.2, -0.15) is 0 Å². The molecule has 1 fully saturated rings. The summed E-state index contributed by atoms with van der Waals surface area (Å²) in [6, 6.07) is 3.97. The first-order valence-electron chi connectivity index (χ1n) is 7.69. The molecule has 0 aromatic carbocycles. The molecule has 1 heterocycles. The molecule has 112 valence electrons. The molecule has 4 heteroatoms. The van der Waals surface area contributed by atoms with Gasteiger partial charge in [-0.25, -0.2) is 0 Å². The monoisotopic (exact) mass is 278 g/mol. The Morgan fingerprint density at radius 1 is 1.35 bits per heavy atom. The molecule has 0 spiro atoms. The minimum Gasteiger partial charge on any atom is -0.388 e. The van der Waals surface area contributed by atoms with Gasteiger partial charge in [0, 0.05) is 18.8 Å². The van der Waals surface area contributed by atoms with Crippen LogP contribution in [0.25, 0.3) is 0 Å². The normalized spacial score (nSPS) is 18.8. The summed E-state index contributed by atoms with van der Waals surface area (Å²) in [5, 5.41) is 13.5. The fourth-order valence-corrected chi connectivity index (χ4v) is 2.94. The van der Waals surface area contributed by atoms with Gasteiger partial charge >= 0.3 is 0 Å². The van der Waals surface area contributed by atoms with E-state index in [1.54, 1.807) is 0 Å². The van der Waals surface area contributed by atoms with Crippen LogP contribution in [-0.2, 0) is 0 Å². The second-order valence-corrected chi connectivity index (χ2v) is 6.22. The van der Waals surface area contributed by atoms with Gasteiger partial charge in [-0.1, -0.05) is 25.7 Å². The molecule has 0 saturated heterocycles. The van der Waals surface area contributed by atoms with E-state index in [0.717, 1.165) is 25.7 Å². The van der Waals surface area contributed by atoms with E-state index in [0.29, 0.717) is 12.2 Å². The van der Waals surface area contributed by atoms with Crippen LogP contribution >= 0.6 is 0 Å². The predicted molar refractivity (Wildman–Crippen MR) is 79.8 cm³/mol. The Kier molecular flexibility index (Phi) is 4.86. The molecule has 1 saturated carbocycles. The molecular formula is C16H26N2O2. The first kappa shape index (κ1) is 15.1. The Morgan fingerprint density at radius 3 is 2.60 bits per heavy atom. The van der Waals surface area contributed by atoms with Gasteiger partial charge in [0.1, 0.15) is 5.69 Å². The van der Waals surface area contributed by atoms with Gasteiger partial charge in [0.25, 0.3) is 5.91 Å². The number of aliphatic hydroxyl groups is 1. The summed E-state index contributed by atoms with van der Waals surface area (Å²) in [5.41, 5.74) is -0.0567. The minimum absolute atomic E-state index is 0.0960. The minimum atomic E-state index is -0.721. The lowest BCUT2D eigenvalue weighted by Gasteiger charge is -2.27. The van der Waals surface area contributed by atoms with Crippen LogP contribution < -0.4 is 5.32 Å². The maximum absolute atomic E-state index is 12.3. The molecule has 4 nitrogen and oxygen atoms in total. The van der Waals surface area contributed by atoms with Crippen LogP contribution in [0.4, 0.5) is 0 Å². The lowest BCUT2D eigenvalue weighted by Crippen LogP contribution is -2.43. The van der Waals surface area contributed by atoms with Crippen molar-refractivity contribution in [3.05, 3.63) is 24.0 Å². The smallest absolute Gasteiger partial charge is 0.268 e. The molecule has 0 atom stereocenters. The summed E-state index contributed by atoms with van der Waals surface area (Å²) < 4.78 is 1.95. The van der Waals surface area contributed by atoms with Crippen LogP contribution in [0.5, 0.6) is 0 Å². The number of carbonyl (C=O) groups is 1. The Hall–Kier alpha value is -1.29. The third kappa shape index (κ3) is 3.63. The molecule has 1 aliphatic rings. The zero-order valence-electron chi connectivity index (χ0n) is 12.6. The van der Waals surface area contributed by atoms with Crippen LogP contribution in [-0.4, -0.2) is 27.7 Å². The van der Waals surface area contributed by atoms with Gasteiger partial charge in [0.15, 0.2) is 0 Å². The lowest BCUT2D eigenvalue weighted by molar-refractivity contribution is 0.0245. The van der Waals surface area contributed by atoms with E-state index in [2.05, 4.69) is 19.2 Å². The molecule has 1 aliphatic carbocycles.